The van der Waals surface area contributed by atoms with Crippen molar-refractivity contribution < 1.29 is 8.42 Å². The van der Waals surface area contributed by atoms with Crippen LogP contribution >= 0.6 is 23.2 Å². The fraction of sp³-hybridized carbons (Fsp3) is 0.400. The van der Waals surface area contributed by atoms with E-state index < -0.39 is 10.2 Å². The SMILES string of the molecule is CN(CCCN)S(=O)(=O)Nc1c(Cl)cccc1Cl. The molecule has 0 aliphatic carbocycles. The molecule has 0 unspecified atom stereocenters. The molecule has 0 atom stereocenters. The highest BCUT2D eigenvalue weighted by molar-refractivity contribution is 7.90. The summed E-state index contributed by atoms with van der Waals surface area (Å²) in [5.74, 6) is 0. The third-order valence-electron chi connectivity index (χ3n) is 2.28. The van der Waals surface area contributed by atoms with Gasteiger partial charge >= 0.3 is 10.2 Å². The van der Waals surface area contributed by atoms with Crippen molar-refractivity contribution in [3.8, 4) is 0 Å². The van der Waals surface area contributed by atoms with Crippen molar-refractivity contribution >= 4 is 39.1 Å². The number of anilines is 1. The zero-order chi connectivity index (χ0) is 13.8. The molecular weight excluding hydrogens is 297 g/mol. The first-order valence-electron chi connectivity index (χ1n) is 5.26. The Bertz CT molecular complexity index is 488. The first kappa shape index (κ1) is 15.5. The van der Waals surface area contributed by atoms with Crippen LogP contribution < -0.4 is 10.5 Å². The Labute approximate surface area is 117 Å². The Kier molecular flexibility index (Phi) is 5.68. The van der Waals surface area contributed by atoms with E-state index in [1.807, 2.05) is 0 Å². The second-order valence-corrected chi connectivity index (χ2v) is 6.26. The average Bonchev–Trinajstić information content (AvgIpc) is 2.31. The van der Waals surface area contributed by atoms with Gasteiger partial charge in [0, 0.05) is 13.6 Å². The maximum absolute atomic E-state index is 12.0. The van der Waals surface area contributed by atoms with E-state index in [1.165, 1.54) is 11.4 Å². The van der Waals surface area contributed by atoms with Crippen molar-refractivity contribution in [2.24, 2.45) is 5.73 Å². The zero-order valence-electron chi connectivity index (χ0n) is 9.86. The summed E-state index contributed by atoms with van der Waals surface area (Å²) in [5, 5.41) is 0.497. The van der Waals surface area contributed by atoms with Gasteiger partial charge in [0.25, 0.3) is 0 Å². The predicted molar refractivity (Wildman–Crippen MR) is 75.3 cm³/mol. The van der Waals surface area contributed by atoms with Crippen molar-refractivity contribution in [2.45, 2.75) is 6.42 Å². The molecule has 0 heterocycles. The summed E-state index contributed by atoms with van der Waals surface area (Å²) in [6.07, 6.45) is 0.577. The van der Waals surface area contributed by atoms with Crippen LogP contribution in [0.15, 0.2) is 18.2 Å². The van der Waals surface area contributed by atoms with Gasteiger partial charge in [-0.25, -0.2) is 0 Å². The highest BCUT2D eigenvalue weighted by atomic mass is 35.5. The zero-order valence-corrected chi connectivity index (χ0v) is 12.2. The molecule has 1 rings (SSSR count). The maximum Gasteiger partial charge on any atom is 0.301 e. The fourth-order valence-corrected chi connectivity index (χ4v) is 2.84. The first-order valence-corrected chi connectivity index (χ1v) is 7.46. The highest BCUT2D eigenvalue weighted by Gasteiger charge is 2.19. The lowest BCUT2D eigenvalue weighted by atomic mass is 10.3. The number of hydrogen-bond donors (Lipinski definition) is 2. The number of nitrogens with two attached hydrogens (primary N) is 1. The van der Waals surface area contributed by atoms with Crippen LogP contribution in [0.2, 0.25) is 10.0 Å². The minimum atomic E-state index is -3.67. The van der Waals surface area contributed by atoms with E-state index in [-0.39, 0.29) is 15.7 Å². The minimum Gasteiger partial charge on any atom is -0.330 e. The van der Waals surface area contributed by atoms with Crippen LogP contribution in [0.4, 0.5) is 5.69 Å². The monoisotopic (exact) mass is 311 g/mol. The number of rotatable bonds is 6. The van der Waals surface area contributed by atoms with Crippen LogP contribution in [0.3, 0.4) is 0 Å². The number of para-hydroxylation sites is 1. The van der Waals surface area contributed by atoms with Crippen LogP contribution in [0.5, 0.6) is 0 Å². The summed E-state index contributed by atoms with van der Waals surface area (Å²) in [4.78, 5) is 0. The molecule has 0 radical (unpaired) electrons. The van der Waals surface area contributed by atoms with E-state index in [1.54, 1.807) is 18.2 Å². The van der Waals surface area contributed by atoms with Gasteiger partial charge in [-0.2, -0.15) is 12.7 Å². The molecule has 0 saturated carbocycles. The Morgan fingerprint density at radius 2 is 1.89 bits per heavy atom. The number of hydrogen-bond acceptors (Lipinski definition) is 3. The quantitative estimate of drug-likeness (QED) is 0.843. The van der Waals surface area contributed by atoms with Gasteiger partial charge in [-0.15, -0.1) is 0 Å². The largest absolute Gasteiger partial charge is 0.330 e. The molecular formula is C10H15Cl2N3O2S. The van der Waals surface area contributed by atoms with Crippen molar-refractivity contribution in [1.29, 1.82) is 0 Å². The Balaban J connectivity index is 2.89. The van der Waals surface area contributed by atoms with Crippen LogP contribution in [-0.4, -0.2) is 32.9 Å². The summed E-state index contributed by atoms with van der Waals surface area (Å²) >= 11 is 11.8. The molecule has 102 valence electrons. The average molecular weight is 312 g/mol. The standard InChI is InChI=1S/C10H15Cl2N3O2S/c1-15(7-3-6-13)18(16,17)14-10-8(11)4-2-5-9(10)12/h2,4-5,14H,3,6-7,13H2,1H3. The number of halogens is 2. The van der Waals surface area contributed by atoms with E-state index >= 15 is 0 Å². The molecule has 0 aromatic heterocycles. The molecule has 5 nitrogen and oxygen atoms in total. The second kappa shape index (κ2) is 6.58. The molecule has 0 spiro atoms. The van der Waals surface area contributed by atoms with Crippen molar-refractivity contribution in [3.05, 3.63) is 28.2 Å². The molecule has 0 amide bonds. The van der Waals surface area contributed by atoms with Crippen molar-refractivity contribution in [1.82, 2.24) is 4.31 Å². The fourth-order valence-electron chi connectivity index (χ4n) is 1.24. The van der Waals surface area contributed by atoms with Gasteiger partial charge in [0.05, 0.1) is 15.7 Å². The van der Waals surface area contributed by atoms with Crippen LogP contribution in [0, 0.1) is 0 Å². The molecule has 0 bridgehead atoms. The highest BCUT2D eigenvalue weighted by Crippen LogP contribution is 2.30. The van der Waals surface area contributed by atoms with Crippen molar-refractivity contribution in [3.63, 3.8) is 0 Å². The van der Waals surface area contributed by atoms with Crippen molar-refractivity contribution in [2.75, 3.05) is 24.9 Å². The van der Waals surface area contributed by atoms with E-state index in [0.717, 1.165) is 0 Å². The summed E-state index contributed by atoms with van der Waals surface area (Å²) in [6, 6.07) is 4.76. The number of nitrogens with zero attached hydrogens (tertiary/aromatic N) is 1. The predicted octanol–water partition coefficient (Wildman–Crippen LogP) is 1.93. The van der Waals surface area contributed by atoms with Crippen LogP contribution in [-0.2, 0) is 10.2 Å². The van der Waals surface area contributed by atoms with Gasteiger partial charge in [-0.3, -0.25) is 4.72 Å². The van der Waals surface area contributed by atoms with Gasteiger partial charge in [0.15, 0.2) is 0 Å². The van der Waals surface area contributed by atoms with Gasteiger partial charge < -0.3 is 5.73 Å². The van der Waals surface area contributed by atoms with Gasteiger partial charge in [-0.05, 0) is 25.1 Å². The smallest absolute Gasteiger partial charge is 0.301 e. The normalized spacial score (nSPS) is 11.8. The molecule has 0 aliphatic rings. The Morgan fingerprint density at radius 1 is 1.33 bits per heavy atom. The Hall–Kier alpha value is -0.530. The second-order valence-electron chi connectivity index (χ2n) is 3.67. The molecule has 1 aromatic rings. The molecule has 3 N–H and O–H groups in total. The van der Waals surface area contributed by atoms with Gasteiger partial charge in [0.1, 0.15) is 0 Å². The van der Waals surface area contributed by atoms with E-state index in [0.29, 0.717) is 19.5 Å². The molecule has 0 fully saturated rings. The van der Waals surface area contributed by atoms with E-state index in [2.05, 4.69) is 4.72 Å². The first-order chi connectivity index (χ1) is 8.38. The lowest BCUT2D eigenvalue weighted by Gasteiger charge is -2.19. The maximum atomic E-state index is 12.0. The van der Waals surface area contributed by atoms with Crippen LogP contribution in [0.1, 0.15) is 6.42 Å². The summed E-state index contributed by atoms with van der Waals surface area (Å²) in [7, 11) is -2.21. The van der Waals surface area contributed by atoms with E-state index in [4.69, 9.17) is 28.9 Å². The molecule has 8 heteroatoms. The minimum absolute atomic E-state index is 0.181. The van der Waals surface area contributed by atoms with Gasteiger partial charge in [-0.1, -0.05) is 29.3 Å². The molecule has 1 aromatic carbocycles. The van der Waals surface area contributed by atoms with E-state index in [9.17, 15) is 8.42 Å². The molecule has 18 heavy (non-hydrogen) atoms. The summed E-state index contributed by atoms with van der Waals surface area (Å²) in [5.41, 5.74) is 5.52. The van der Waals surface area contributed by atoms with Crippen LogP contribution in [0.25, 0.3) is 0 Å². The topological polar surface area (TPSA) is 75.4 Å². The lowest BCUT2D eigenvalue weighted by Crippen LogP contribution is -2.34. The summed E-state index contributed by atoms with van der Waals surface area (Å²) in [6.45, 7) is 0.751. The summed E-state index contributed by atoms with van der Waals surface area (Å²) < 4.78 is 27.5. The third-order valence-corrected chi connectivity index (χ3v) is 4.38. The molecule has 0 aliphatic heterocycles. The number of benzene rings is 1. The number of nitrogens with one attached hydrogen (secondary N) is 1. The third kappa shape index (κ3) is 4.00. The lowest BCUT2D eigenvalue weighted by molar-refractivity contribution is 0.468. The van der Waals surface area contributed by atoms with Gasteiger partial charge in [0.2, 0.25) is 0 Å². The Morgan fingerprint density at radius 3 is 2.39 bits per heavy atom. The molecule has 0 saturated heterocycles.